The van der Waals surface area contributed by atoms with Gasteiger partial charge in [0.05, 0.1) is 30.9 Å². The molecule has 0 aliphatic carbocycles. The quantitative estimate of drug-likeness (QED) is 0.321. The zero-order valence-corrected chi connectivity index (χ0v) is 25.9. The summed E-state index contributed by atoms with van der Waals surface area (Å²) < 4.78 is 14.7. The third-order valence-electron chi connectivity index (χ3n) is 9.08. The standard InChI is InChI=1S/C33H38N6O6/c1-19-35-26(15-31(41)39(19)27-5-6-30(40)36-32(27)42)20-8-11-38(12-9-20)18-25-28(44-3)13-21(14-29(25)45-4)24-17-37(2)33(43)23-16-34-10-7-22(23)24/h7,10,13-17,20,27,30,40H,5-6,8-9,11-12,18H2,1-4H3,(H,36,42). The third kappa shape index (κ3) is 5.83. The van der Waals surface area contributed by atoms with Crippen LogP contribution >= 0.6 is 0 Å². The van der Waals surface area contributed by atoms with E-state index in [0.717, 1.165) is 53.7 Å². The second kappa shape index (κ2) is 12.4. The molecule has 45 heavy (non-hydrogen) atoms. The highest BCUT2D eigenvalue weighted by atomic mass is 16.5. The number of hydrogen-bond donors (Lipinski definition) is 2. The van der Waals surface area contributed by atoms with E-state index < -0.39 is 12.3 Å². The second-order valence-electron chi connectivity index (χ2n) is 11.8. The summed E-state index contributed by atoms with van der Waals surface area (Å²) in [6.07, 6.45) is 6.66. The minimum Gasteiger partial charge on any atom is -0.496 e. The maximum Gasteiger partial charge on any atom is 0.259 e. The number of ether oxygens (including phenoxy) is 2. The number of fused-ring (bicyclic) bond motifs is 1. The third-order valence-corrected chi connectivity index (χ3v) is 9.08. The topological polar surface area (TPSA) is 141 Å². The van der Waals surface area contributed by atoms with Gasteiger partial charge in [0, 0.05) is 49.7 Å². The van der Waals surface area contributed by atoms with Gasteiger partial charge in [-0.3, -0.25) is 28.8 Å². The number of nitrogens with one attached hydrogen (secondary N) is 1. The number of benzene rings is 1. The van der Waals surface area contributed by atoms with Gasteiger partial charge in [-0.2, -0.15) is 0 Å². The Kier molecular flexibility index (Phi) is 8.43. The Balaban J connectivity index is 1.20. The molecule has 12 nitrogen and oxygen atoms in total. The monoisotopic (exact) mass is 614 g/mol. The van der Waals surface area contributed by atoms with E-state index in [9.17, 15) is 19.5 Å². The number of aromatic nitrogens is 4. The van der Waals surface area contributed by atoms with Crippen molar-refractivity contribution in [3.05, 3.63) is 80.6 Å². The van der Waals surface area contributed by atoms with Crippen LogP contribution in [0.3, 0.4) is 0 Å². The number of nitrogens with zero attached hydrogens (tertiary/aromatic N) is 5. The number of hydrogen-bond acceptors (Lipinski definition) is 9. The van der Waals surface area contributed by atoms with Crippen LogP contribution in [0.4, 0.5) is 0 Å². The van der Waals surface area contributed by atoms with Gasteiger partial charge in [0.25, 0.3) is 11.1 Å². The van der Waals surface area contributed by atoms with Crippen molar-refractivity contribution >= 4 is 16.7 Å². The van der Waals surface area contributed by atoms with E-state index in [2.05, 4.69) is 15.2 Å². The SMILES string of the molecule is COc1cc(-c2cn(C)c(=O)c3cnccc23)cc(OC)c1CN1CCC(c2cc(=O)n(C3CCC(O)NC3=O)c(C)n2)CC1. The summed E-state index contributed by atoms with van der Waals surface area (Å²) in [4.78, 5) is 49.5. The molecule has 2 saturated heterocycles. The van der Waals surface area contributed by atoms with Crippen molar-refractivity contribution in [1.82, 2.24) is 29.3 Å². The van der Waals surface area contributed by atoms with Gasteiger partial charge >= 0.3 is 0 Å². The fraction of sp³-hybridized carbons (Fsp3) is 0.424. The molecule has 2 N–H and O–H groups in total. The summed E-state index contributed by atoms with van der Waals surface area (Å²) in [6.45, 7) is 3.97. The molecule has 2 atom stereocenters. The van der Waals surface area contributed by atoms with E-state index in [0.29, 0.717) is 42.1 Å². The highest BCUT2D eigenvalue weighted by Gasteiger charge is 2.31. The number of rotatable bonds is 7. The van der Waals surface area contributed by atoms with Gasteiger partial charge < -0.3 is 24.5 Å². The van der Waals surface area contributed by atoms with Gasteiger partial charge in [-0.25, -0.2) is 4.98 Å². The molecule has 1 amide bonds. The van der Waals surface area contributed by atoms with Crippen LogP contribution in [0.15, 0.2) is 52.4 Å². The van der Waals surface area contributed by atoms with E-state index in [-0.39, 0.29) is 22.9 Å². The first-order valence-corrected chi connectivity index (χ1v) is 15.2. The van der Waals surface area contributed by atoms with Crippen molar-refractivity contribution in [1.29, 1.82) is 0 Å². The molecule has 3 aromatic heterocycles. The van der Waals surface area contributed by atoms with Crippen molar-refractivity contribution in [2.24, 2.45) is 7.05 Å². The molecule has 0 saturated carbocycles. The molecule has 2 unspecified atom stereocenters. The molecular formula is C33H38N6O6. The predicted molar refractivity (Wildman–Crippen MR) is 168 cm³/mol. The van der Waals surface area contributed by atoms with Gasteiger partial charge in [0.1, 0.15) is 29.6 Å². The first-order chi connectivity index (χ1) is 21.7. The van der Waals surface area contributed by atoms with Gasteiger partial charge in [-0.1, -0.05) is 0 Å². The maximum atomic E-state index is 13.1. The summed E-state index contributed by atoms with van der Waals surface area (Å²) in [7, 11) is 5.02. The lowest BCUT2D eigenvalue weighted by Crippen LogP contribution is -2.47. The molecule has 1 aromatic carbocycles. The van der Waals surface area contributed by atoms with Gasteiger partial charge in [0.15, 0.2) is 0 Å². The van der Waals surface area contributed by atoms with Crippen LogP contribution in [0.5, 0.6) is 11.5 Å². The number of aryl methyl sites for hydroxylation is 2. The van der Waals surface area contributed by atoms with Crippen molar-refractivity contribution in [3.8, 4) is 22.6 Å². The first-order valence-electron chi connectivity index (χ1n) is 15.2. The minimum absolute atomic E-state index is 0.107. The number of aliphatic hydroxyl groups is 1. The highest BCUT2D eigenvalue weighted by Crippen LogP contribution is 2.38. The van der Waals surface area contributed by atoms with Crippen LogP contribution < -0.4 is 25.9 Å². The summed E-state index contributed by atoms with van der Waals surface area (Å²) >= 11 is 0. The van der Waals surface area contributed by atoms with E-state index in [4.69, 9.17) is 14.5 Å². The number of aliphatic hydroxyl groups excluding tert-OH is 1. The molecule has 4 aromatic rings. The van der Waals surface area contributed by atoms with E-state index in [1.165, 1.54) is 4.57 Å². The lowest BCUT2D eigenvalue weighted by Gasteiger charge is -2.33. The van der Waals surface area contributed by atoms with Gasteiger partial charge in [-0.15, -0.1) is 0 Å². The number of pyridine rings is 2. The normalized spacial score (nSPS) is 19.4. The second-order valence-corrected chi connectivity index (χ2v) is 11.8. The average Bonchev–Trinajstić information content (AvgIpc) is 3.03. The molecule has 12 heteroatoms. The summed E-state index contributed by atoms with van der Waals surface area (Å²) in [6, 6.07) is 6.72. The Bertz CT molecular complexity index is 1850. The number of carbonyl (C=O) groups is 1. The molecule has 2 aliphatic rings. The zero-order valence-electron chi connectivity index (χ0n) is 25.9. The van der Waals surface area contributed by atoms with Gasteiger partial charge in [0.2, 0.25) is 5.91 Å². The Labute approximate surface area is 260 Å². The van der Waals surface area contributed by atoms with Crippen LogP contribution in [0.25, 0.3) is 21.9 Å². The van der Waals surface area contributed by atoms with Crippen LogP contribution in [-0.2, 0) is 18.4 Å². The van der Waals surface area contributed by atoms with Crippen molar-refractivity contribution in [3.63, 3.8) is 0 Å². The minimum atomic E-state index is -0.876. The zero-order chi connectivity index (χ0) is 31.8. The Morgan fingerprint density at radius 3 is 2.36 bits per heavy atom. The van der Waals surface area contributed by atoms with Crippen LogP contribution in [0.1, 0.15) is 54.7 Å². The molecule has 236 valence electrons. The molecule has 2 aliphatic heterocycles. The number of piperidine rings is 2. The lowest BCUT2D eigenvalue weighted by atomic mass is 9.92. The average molecular weight is 615 g/mol. The smallest absolute Gasteiger partial charge is 0.259 e. The van der Waals surface area contributed by atoms with E-state index >= 15 is 0 Å². The lowest BCUT2D eigenvalue weighted by molar-refractivity contribution is -0.130. The number of carbonyl (C=O) groups excluding carboxylic acids is 1. The fourth-order valence-electron chi connectivity index (χ4n) is 6.69. The van der Waals surface area contributed by atoms with Crippen molar-refractivity contribution < 1.29 is 19.4 Å². The Morgan fingerprint density at radius 1 is 1.00 bits per heavy atom. The van der Waals surface area contributed by atoms with Crippen LogP contribution in [0.2, 0.25) is 0 Å². The van der Waals surface area contributed by atoms with Crippen LogP contribution in [0, 0.1) is 6.92 Å². The maximum absolute atomic E-state index is 13.1. The molecule has 0 bridgehead atoms. The first kappa shape index (κ1) is 30.5. The molecule has 6 rings (SSSR count). The number of methoxy groups -OCH3 is 2. The molecule has 5 heterocycles. The van der Waals surface area contributed by atoms with Crippen LogP contribution in [-0.4, -0.2) is 68.6 Å². The summed E-state index contributed by atoms with van der Waals surface area (Å²) in [5.41, 5.74) is 3.09. The van der Waals surface area contributed by atoms with E-state index in [1.54, 1.807) is 51.2 Å². The fourth-order valence-corrected chi connectivity index (χ4v) is 6.69. The van der Waals surface area contributed by atoms with Crippen molar-refractivity contribution in [2.75, 3.05) is 27.3 Å². The van der Waals surface area contributed by atoms with Gasteiger partial charge in [-0.05, 0) is 74.8 Å². The highest BCUT2D eigenvalue weighted by molar-refractivity contribution is 5.95. The molecule has 2 fully saturated rings. The Hall–Kier alpha value is -4.55. The largest absolute Gasteiger partial charge is 0.496 e. The summed E-state index contributed by atoms with van der Waals surface area (Å²) in [5, 5.41) is 13.6. The molecule has 0 spiro atoms. The van der Waals surface area contributed by atoms with Crippen molar-refractivity contribution in [2.45, 2.75) is 57.3 Å². The molecular weight excluding hydrogens is 576 g/mol. The predicted octanol–water partition coefficient (Wildman–Crippen LogP) is 2.63. The molecule has 0 radical (unpaired) electrons. The number of likely N-dealkylation sites (tertiary alicyclic amines) is 1. The Morgan fingerprint density at radius 2 is 1.71 bits per heavy atom. The van der Waals surface area contributed by atoms with E-state index in [1.807, 2.05) is 24.4 Å². The summed E-state index contributed by atoms with van der Waals surface area (Å²) in [5.74, 6) is 1.67. The number of amides is 1.